The third kappa shape index (κ3) is 2.97. The average Bonchev–Trinajstić information content (AvgIpc) is 3.28. The first-order valence-electron chi connectivity index (χ1n) is 9.25. The third-order valence-electron chi connectivity index (χ3n) is 5.10. The molecule has 1 heterocycles. The minimum atomic E-state index is -0.841. The summed E-state index contributed by atoms with van der Waals surface area (Å²) in [5.41, 5.74) is 4.55. The van der Waals surface area contributed by atoms with Crippen molar-refractivity contribution >= 4 is 11.9 Å². The molecule has 6 heteroatoms. The number of nitrogens with zero attached hydrogens (tertiary/aromatic N) is 2. The Balaban J connectivity index is 1.78. The van der Waals surface area contributed by atoms with E-state index in [0.29, 0.717) is 5.69 Å². The van der Waals surface area contributed by atoms with Crippen molar-refractivity contribution in [3.8, 4) is 11.1 Å². The van der Waals surface area contributed by atoms with E-state index in [9.17, 15) is 9.59 Å². The molecule has 0 spiro atoms. The van der Waals surface area contributed by atoms with Crippen LogP contribution in [-0.2, 0) is 16.6 Å². The van der Waals surface area contributed by atoms with Gasteiger partial charge in [0.2, 0.25) is 0 Å². The van der Waals surface area contributed by atoms with Gasteiger partial charge >= 0.3 is 5.97 Å². The van der Waals surface area contributed by atoms with E-state index in [4.69, 9.17) is 4.74 Å². The van der Waals surface area contributed by atoms with Crippen LogP contribution in [0.5, 0.6) is 0 Å². The van der Waals surface area contributed by atoms with E-state index in [1.807, 2.05) is 48.5 Å². The van der Waals surface area contributed by atoms with Gasteiger partial charge in [0.1, 0.15) is 11.7 Å². The van der Waals surface area contributed by atoms with Gasteiger partial charge in [-0.25, -0.2) is 4.79 Å². The molecule has 0 aliphatic heterocycles. The number of benzene rings is 2. The number of carbonyl (C=O) groups is 2. The summed E-state index contributed by atoms with van der Waals surface area (Å²) in [6.45, 7) is 2.00. The van der Waals surface area contributed by atoms with Crippen LogP contribution in [0, 0.1) is 0 Å². The molecule has 28 heavy (non-hydrogen) atoms. The number of aryl methyl sites for hydroxylation is 1. The topological polar surface area (TPSA) is 73.2 Å². The van der Waals surface area contributed by atoms with Gasteiger partial charge in [-0.15, -0.1) is 0 Å². The Bertz CT molecular complexity index is 995. The van der Waals surface area contributed by atoms with Gasteiger partial charge in [-0.05, 0) is 35.2 Å². The molecule has 142 valence electrons. The Morgan fingerprint density at radius 1 is 1.07 bits per heavy atom. The van der Waals surface area contributed by atoms with Gasteiger partial charge in [0.05, 0.1) is 6.61 Å². The largest absolute Gasteiger partial charge is 0.464 e. The average molecular weight is 375 g/mol. The highest BCUT2D eigenvalue weighted by Crippen LogP contribution is 2.46. The van der Waals surface area contributed by atoms with Crippen LogP contribution in [0.15, 0.2) is 60.8 Å². The molecule has 0 fully saturated rings. The van der Waals surface area contributed by atoms with Crippen LogP contribution in [0.25, 0.3) is 11.1 Å². The smallest absolute Gasteiger partial charge is 0.329 e. The number of esters is 1. The molecule has 1 N–H and O–H groups in total. The molecule has 1 amide bonds. The van der Waals surface area contributed by atoms with Crippen LogP contribution in [-0.4, -0.2) is 34.3 Å². The zero-order chi connectivity index (χ0) is 19.7. The van der Waals surface area contributed by atoms with Gasteiger partial charge in [-0.1, -0.05) is 48.5 Å². The summed E-state index contributed by atoms with van der Waals surface area (Å²) >= 11 is 0. The Morgan fingerprint density at radius 3 is 2.21 bits per heavy atom. The highest BCUT2D eigenvalue weighted by molar-refractivity contribution is 5.96. The number of carbonyl (C=O) groups excluding carboxylic acids is 2. The third-order valence-corrected chi connectivity index (χ3v) is 5.10. The SMILES string of the molecule is CCOC(=O)C(NC(=O)c1ccnn1C)C1c2ccccc2-c2ccccc21. The molecule has 0 saturated carbocycles. The van der Waals surface area contributed by atoms with Crippen molar-refractivity contribution in [3.05, 3.63) is 77.6 Å². The van der Waals surface area contributed by atoms with Gasteiger partial charge in [-0.3, -0.25) is 9.48 Å². The zero-order valence-corrected chi connectivity index (χ0v) is 15.8. The highest BCUT2D eigenvalue weighted by atomic mass is 16.5. The van der Waals surface area contributed by atoms with Crippen molar-refractivity contribution in [2.24, 2.45) is 7.05 Å². The second-order valence-corrected chi connectivity index (χ2v) is 6.70. The van der Waals surface area contributed by atoms with Gasteiger partial charge in [0.15, 0.2) is 0 Å². The maximum atomic E-state index is 12.9. The molecule has 0 bridgehead atoms. The van der Waals surface area contributed by atoms with Crippen molar-refractivity contribution in [1.29, 1.82) is 0 Å². The van der Waals surface area contributed by atoms with Crippen molar-refractivity contribution in [2.75, 3.05) is 6.61 Å². The summed E-state index contributed by atoms with van der Waals surface area (Å²) in [6, 6.07) is 16.7. The Kier molecular flexibility index (Phi) is 4.69. The number of nitrogens with one attached hydrogen (secondary N) is 1. The van der Waals surface area contributed by atoms with Gasteiger partial charge in [-0.2, -0.15) is 5.10 Å². The highest BCUT2D eigenvalue weighted by Gasteiger charge is 2.40. The molecule has 3 aromatic rings. The summed E-state index contributed by atoms with van der Waals surface area (Å²) in [4.78, 5) is 25.7. The lowest BCUT2D eigenvalue weighted by molar-refractivity contribution is -0.145. The Hall–Kier alpha value is -3.41. The number of rotatable bonds is 5. The maximum absolute atomic E-state index is 12.9. The molecule has 0 saturated heterocycles. The zero-order valence-electron chi connectivity index (χ0n) is 15.8. The molecule has 4 rings (SSSR count). The van der Waals surface area contributed by atoms with Crippen molar-refractivity contribution in [1.82, 2.24) is 15.1 Å². The lowest BCUT2D eigenvalue weighted by atomic mass is 9.89. The number of fused-ring (bicyclic) bond motifs is 3. The summed E-state index contributed by atoms with van der Waals surface area (Å²) in [5, 5.41) is 6.93. The molecule has 1 aromatic heterocycles. The van der Waals surface area contributed by atoms with E-state index >= 15 is 0 Å². The Labute approximate surface area is 163 Å². The molecular formula is C22H21N3O3. The number of amides is 1. The van der Waals surface area contributed by atoms with Crippen LogP contribution >= 0.6 is 0 Å². The van der Waals surface area contributed by atoms with E-state index in [1.165, 1.54) is 4.68 Å². The maximum Gasteiger partial charge on any atom is 0.329 e. The molecular weight excluding hydrogens is 354 g/mol. The van der Waals surface area contributed by atoms with Crippen LogP contribution in [0.2, 0.25) is 0 Å². The van der Waals surface area contributed by atoms with Crippen LogP contribution in [0.3, 0.4) is 0 Å². The van der Waals surface area contributed by atoms with Crippen molar-refractivity contribution < 1.29 is 14.3 Å². The van der Waals surface area contributed by atoms with Crippen LogP contribution < -0.4 is 5.32 Å². The lowest BCUT2D eigenvalue weighted by Gasteiger charge is -2.25. The normalized spacial score (nSPS) is 13.5. The minimum Gasteiger partial charge on any atom is -0.464 e. The summed E-state index contributed by atoms with van der Waals surface area (Å²) in [5.74, 6) is -1.13. The first kappa shape index (κ1) is 18.0. The van der Waals surface area contributed by atoms with Crippen molar-refractivity contribution in [2.45, 2.75) is 18.9 Å². The Morgan fingerprint density at radius 2 is 1.68 bits per heavy atom. The standard InChI is InChI=1S/C22H21N3O3/c1-3-28-22(27)20(24-21(26)18-12-13-23-25(18)2)19-16-10-6-4-8-14(16)15-9-5-7-11-17(15)19/h4-13,19-20H,3H2,1-2H3,(H,24,26). The number of hydrogen-bond acceptors (Lipinski definition) is 4. The van der Waals surface area contributed by atoms with Gasteiger partial charge in [0.25, 0.3) is 5.91 Å². The fourth-order valence-electron chi connectivity index (χ4n) is 3.88. The molecule has 1 aliphatic carbocycles. The molecule has 2 aromatic carbocycles. The van der Waals surface area contributed by atoms with Gasteiger partial charge < -0.3 is 10.1 Å². The van der Waals surface area contributed by atoms with E-state index < -0.39 is 12.0 Å². The molecule has 1 aliphatic rings. The van der Waals surface area contributed by atoms with Gasteiger partial charge in [0, 0.05) is 19.2 Å². The summed E-state index contributed by atoms with van der Waals surface area (Å²) in [7, 11) is 1.69. The molecule has 6 nitrogen and oxygen atoms in total. The fraction of sp³-hybridized carbons (Fsp3) is 0.227. The second-order valence-electron chi connectivity index (χ2n) is 6.70. The minimum absolute atomic E-state index is 0.243. The molecule has 1 unspecified atom stereocenters. The quantitative estimate of drug-likeness (QED) is 0.696. The number of aromatic nitrogens is 2. The first-order valence-corrected chi connectivity index (χ1v) is 9.25. The summed E-state index contributed by atoms with van der Waals surface area (Å²) < 4.78 is 6.80. The van der Waals surface area contributed by atoms with Crippen LogP contribution in [0.1, 0.15) is 34.5 Å². The monoisotopic (exact) mass is 375 g/mol. The number of ether oxygens (including phenoxy) is 1. The molecule has 0 radical (unpaired) electrons. The number of hydrogen-bond donors (Lipinski definition) is 1. The molecule has 1 atom stereocenters. The second kappa shape index (κ2) is 7.31. The first-order chi connectivity index (χ1) is 13.6. The lowest BCUT2D eigenvalue weighted by Crippen LogP contribution is -2.46. The summed E-state index contributed by atoms with van der Waals surface area (Å²) in [6.07, 6.45) is 1.55. The predicted octanol–water partition coefficient (Wildman–Crippen LogP) is 2.89. The van der Waals surface area contributed by atoms with E-state index in [-0.39, 0.29) is 18.4 Å². The van der Waals surface area contributed by atoms with E-state index in [0.717, 1.165) is 22.3 Å². The van der Waals surface area contributed by atoms with E-state index in [1.54, 1.807) is 26.2 Å². The predicted molar refractivity (Wildman–Crippen MR) is 105 cm³/mol. The van der Waals surface area contributed by atoms with Crippen LogP contribution in [0.4, 0.5) is 0 Å². The fourth-order valence-corrected chi connectivity index (χ4v) is 3.88. The van der Waals surface area contributed by atoms with Crippen molar-refractivity contribution in [3.63, 3.8) is 0 Å². The van der Waals surface area contributed by atoms with E-state index in [2.05, 4.69) is 10.4 Å².